The molecule has 3 N–H and O–H groups in total. The van der Waals surface area contributed by atoms with E-state index in [2.05, 4.69) is 5.32 Å². The Kier molecular flexibility index (Phi) is 2.87. The molecule has 0 saturated carbocycles. The molecule has 4 heteroatoms. The highest BCUT2D eigenvalue weighted by molar-refractivity contribution is 5.81. The van der Waals surface area contributed by atoms with E-state index in [1.165, 1.54) is 31.3 Å². The summed E-state index contributed by atoms with van der Waals surface area (Å²) in [6.07, 6.45) is -1.18. The first-order valence-electron chi connectivity index (χ1n) is 3.83. The molecule has 0 radical (unpaired) electrons. The molecule has 0 aromatic heterocycles. The number of phenolic OH excluding ortho intramolecular Hbond substituents is 1. The number of likely N-dealkylation sites (N-methyl/N-ethyl adjacent to an activating group) is 1. The Morgan fingerprint density at radius 2 is 1.92 bits per heavy atom. The topological polar surface area (TPSA) is 69.6 Å². The van der Waals surface area contributed by atoms with Crippen LogP contribution in [0.15, 0.2) is 24.3 Å². The zero-order valence-electron chi connectivity index (χ0n) is 7.19. The summed E-state index contributed by atoms with van der Waals surface area (Å²) in [4.78, 5) is 11.0. The largest absolute Gasteiger partial charge is 0.508 e. The van der Waals surface area contributed by atoms with Crippen molar-refractivity contribution in [2.45, 2.75) is 6.10 Å². The average Bonchev–Trinajstić information content (AvgIpc) is 2.17. The van der Waals surface area contributed by atoms with Gasteiger partial charge in [-0.1, -0.05) is 12.1 Å². The zero-order chi connectivity index (χ0) is 9.84. The molecule has 0 fully saturated rings. The van der Waals surface area contributed by atoms with Gasteiger partial charge in [-0.15, -0.1) is 0 Å². The lowest BCUT2D eigenvalue weighted by atomic mass is 10.1. The van der Waals surface area contributed by atoms with Gasteiger partial charge >= 0.3 is 0 Å². The van der Waals surface area contributed by atoms with Crippen LogP contribution in [-0.2, 0) is 4.79 Å². The Labute approximate surface area is 75.8 Å². The van der Waals surface area contributed by atoms with Crippen molar-refractivity contribution in [1.29, 1.82) is 0 Å². The highest BCUT2D eigenvalue weighted by Crippen LogP contribution is 2.16. The highest BCUT2D eigenvalue weighted by Gasteiger charge is 2.14. The van der Waals surface area contributed by atoms with Crippen LogP contribution in [0.3, 0.4) is 0 Å². The van der Waals surface area contributed by atoms with Crippen LogP contribution in [0.5, 0.6) is 5.75 Å². The smallest absolute Gasteiger partial charge is 0.253 e. The normalized spacial score (nSPS) is 12.2. The second kappa shape index (κ2) is 3.91. The summed E-state index contributed by atoms with van der Waals surface area (Å²) in [7, 11) is 1.45. The van der Waals surface area contributed by atoms with Crippen molar-refractivity contribution < 1.29 is 15.0 Å². The fourth-order valence-electron chi connectivity index (χ4n) is 0.945. The molecular weight excluding hydrogens is 170 g/mol. The van der Waals surface area contributed by atoms with Gasteiger partial charge in [0.1, 0.15) is 5.75 Å². The first kappa shape index (κ1) is 9.54. The Balaban J connectivity index is 2.83. The first-order valence-corrected chi connectivity index (χ1v) is 3.83. The molecular formula is C9H11NO3. The molecule has 1 amide bonds. The van der Waals surface area contributed by atoms with Crippen molar-refractivity contribution in [1.82, 2.24) is 5.32 Å². The van der Waals surface area contributed by atoms with E-state index in [4.69, 9.17) is 5.11 Å². The van der Waals surface area contributed by atoms with E-state index in [9.17, 15) is 9.90 Å². The molecule has 13 heavy (non-hydrogen) atoms. The summed E-state index contributed by atoms with van der Waals surface area (Å²) >= 11 is 0. The van der Waals surface area contributed by atoms with Crippen LogP contribution in [0.4, 0.5) is 0 Å². The van der Waals surface area contributed by atoms with Gasteiger partial charge in [-0.2, -0.15) is 0 Å². The van der Waals surface area contributed by atoms with E-state index in [-0.39, 0.29) is 5.75 Å². The summed E-state index contributed by atoms with van der Waals surface area (Å²) in [5, 5.41) is 20.7. The predicted octanol–water partition coefficient (Wildman–Crippen LogP) is 0.172. The molecule has 0 heterocycles. The maximum Gasteiger partial charge on any atom is 0.253 e. The molecule has 0 bridgehead atoms. The summed E-state index contributed by atoms with van der Waals surface area (Å²) < 4.78 is 0. The number of benzene rings is 1. The molecule has 1 unspecified atom stereocenters. The minimum Gasteiger partial charge on any atom is -0.508 e. The Morgan fingerprint density at radius 1 is 1.38 bits per heavy atom. The molecule has 0 aliphatic heterocycles. The Morgan fingerprint density at radius 3 is 2.38 bits per heavy atom. The number of hydrogen-bond acceptors (Lipinski definition) is 3. The van der Waals surface area contributed by atoms with E-state index in [0.29, 0.717) is 5.56 Å². The van der Waals surface area contributed by atoms with Crippen molar-refractivity contribution in [3.8, 4) is 5.75 Å². The number of hydrogen-bond donors (Lipinski definition) is 3. The number of phenols is 1. The van der Waals surface area contributed by atoms with E-state index in [0.717, 1.165) is 0 Å². The SMILES string of the molecule is CNC(=O)C(O)c1ccc(O)cc1. The van der Waals surface area contributed by atoms with Crippen LogP contribution in [-0.4, -0.2) is 23.2 Å². The van der Waals surface area contributed by atoms with Gasteiger partial charge in [-0.3, -0.25) is 4.79 Å². The minimum atomic E-state index is -1.18. The third-order valence-corrected chi connectivity index (χ3v) is 1.70. The summed E-state index contributed by atoms with van der Waals surface area (Å²) in [5.74, 6) is -0.362. The summed E-state index contributed by atoms with van der Waals surface area (Å²) in [5.41, 5.74) is 0.456. The van der Waals surface area contributed by atoms with E-state index in [1.54, 1.807) is 0 Å². The minimum absolute atomic E-state index is 0.104. The van der Waals surface area contributed by atoms with Crippen LogP contribution in [0.25, 0.3) is 0 Å². The van der Waals surface area contributed by atoms with Gasteiger partial charge in [-0.05, 0) is 17.7 Å². The monoisotopic (exact) mass is 181 g/mol. The number of carbonyl (C=O) groups is 1. The van der Waals surface area contributed by atoms with Crippen LogP contribution >= 0.6 is 0 Å². The summed E-state index contributed by atoms with van der Waals surface area (Å²) in [6.45, 7) is 0. The van der Waals surface area contributed by atoms with Gasteiger partial charge in [0.25, 0.3) is 5.91 Å². The second-order valence-electron chi connectivity index (χ2n) is 2.61. The fourth-order valence-corrected chi connectivity index (χ4v) is 0.945. The molecule has 1 atom stereocenters. The van der Waals surface area contributed by atoms with Crippen LogP contribution in [0.1, 0.15) is 11.7 Å². The number of aliphatic hydroxyl groups excluding tert-OH is 1. The first-order chi connectivity index (χ1) is 6.15. The van der Waals surface area contributed by atoms with Gasteiger partial charge in [0.15, 0.2) is 6.10 Å². The lowest BCUT2D eigenvalue weighted by molar-refractivity contribution is -0.129. The van der Waals surface area contributed by atoms with Crippen molar-refractivity contribution >= 4 is 5.91 Å². The van der Waals surface area contributed by atoms with Gasteiger partial charge in [-0.25, -0.2) is 0 Å². The molecule has 1 rings (SSSR count). The van der Waals surface area contributed by atoms with Gasteiger partial charge in [0.2, 0.25) is 0 Å². The lowest BCUT2D eigenvalue weighted by Crippen LogP contribution is -2.25. The Bertz CT molecular complexity index is 294. The number of nitrogens with one attached hydrogen (secondary N) is 1. The fraction of sp³-hybridized carbons (Fsp3) is 0.222. The predicted molar refractivity (Wildman–Crippen MR) is 47.1 cm³/mol. The average molecular weight is 181 g/mol. The van der Waals surface area contributed by atoms with Gasteiger partial charge in [0.05, 0.1) is 0 Å². The van der Waals surface area contributed by atoms with Crippen molar-refractivity contribution in [2.75, 3.05) is 7.05 Å². The van der Waals surface area contributed by atoms with Crippen LogP contribution in [0.2, 0.25) is 0 Å². The molecule has 1 aromatic rings. The third kappa shape index (κ3) is 2.19. The van der Waals surface area contributed by atoms with Crippen molar-refractivity contribution in [3.05, 3.63) is 29.8 Å². The van der Waals surface area contributed by atoms with Crippen molar-refractivity contribution in [2.24, 2.45) is 0 Å². The molecule has 1 aromatic carbocycles. The number of aromatic hydroxyl groups is 1. The number of rotatable bonds is 2. The lowest BCUT2D eigenvalue weighted by Gasteiger charge is -2.08. The summed E-state index contributed by atoms with van der Waals surface area (Å²) in [6, 6.07) is 5.83. The molecule has 0 aliphatic rings. The standard InChI is InChI=1S/C9H11NO3/c1-10-9(13)8(12)6-2-4-7(11)5-3-6/h2-5,8,11-12H,1H3,(H,10,13). The number of carbonyl (C=O) groups excluding carboxylic acids is 1. The van der Waals surface area contributed by atoms with Gasteiger partial charge < -0.3 is 15.5 Å². The van der Waals surface area contributed by atoms with Crippen molar-refractivity contribution in [3.63, 3.8) is 0 Å². The maximum atomic E-state index is 11.0. The molecule has 0 saturated heterocycles. The number of aliphatic hydroxyl groups is 1. The van der Waals surface area contributed by atoms with Crippen LogP contribution in [0, 0.1) is 0 Å². The van der Waals surface area contributed by atoms with E-state index < -0.39 is 12.0 Å². The highest BCUT2D eigenvalue weighted by atomic mass is 16.3. The van der Waals surface area contributed by atoms with Gasteiger partial charge in [0, 0.05) is 7.05 Å². The van der Waals surface area contributed by atoms with E-state index in [1.807, 2.05) is 0 Å². The Hall–Kier alpha value is -1.55. The van der Waals surface area contributed by atoms with E-state index >= 15 is 0 Å². The quantitative estimate of drug-likeness (QED) is 0.609. The molecule has 0 spiro atoms. The molecule has 0 aliphatic carbocycles. The number of amides is 1. The molecule has 4 nitrogen and oxygen atoms in total. The zero-order valence-corrected chi connectivity index (χ0v) is 7.19. The van der Waals surface area contributed by atoms with Crippen LogP contribution < -0.4 is 5.32 Å². The molecule has 70 valence electrons. The maximum absolute atomic E-state index is 11.0. The third-order valence-electron chi connectivity index (χ3n) is 1.70. The second-order valence-corrected chi connectivity index (χ2v) is 2.61.